The van der Waals surface area contributed by atoms with Crippen molar-refractivity contribution in [1.29, 1.82) is 0 Å². The van der Waals surface area contributed by atoms with Gasteiger partial charge in [-0.3, -0.25) is 9.59 Å². The Morgan fingerprint density at radius 1 is 1.06 bits per heavy atom. The van der Waals surface area contributed by atoms with E-state index in [1.807, 2.05) is 12.1 Å². The minimum atomic E-state index is -0.952. The number of esters is 1. The van der Waals surface area contributed by atoms with E-state index in [1.165, 1.54) is 17.2 Å². The molecule has 6 nitrogen and oxygen atoms in total. The van der Waals surface area contributed by atoms with Crippen LogP contribution in [0.3, 0.4) is 0 Å². The van der Waals surface area contributed by atoms with Crippen LogP contribution in [0.2, 0.25) is 0 Å². The maximum atomic E-state index is 13.6. The third-order valence-electron chi connectivity index (χ3n) is 5.45. The van der Waals surface area contributed by atoms with E-state index in [0.717, 1.165) is 36.8 Å². The number of rotatable bonds is 7. The van der Waals surface area contributed by atoms with Gasteiger partial charge in [0, 0.05) is 36.0 Å². The highest BCUT2D eigenvalue weighted by molar-refractivity contribution is 5.94. The summed E-state index contributed by atoms with van der Waals surface area (Å²) in [7, 11) is 0. The second kappa shape index (κ2) is 9.30. The highest BCUT2D eigenvalue weighted by Gasteiger charge is 2.16. The van der Waals surface area contributed by atoms with E-state index >= 15 is 0 Å². The quantitative estimate of drug-likeness (QED) is 0.342. The Balaban J connectivity index is 1.29. The van der Waals surface area contributed by atoms with Gasteiger partial charge in [0.2, 0.25) is 0 Å². The Morgan fingerprint density at radius 2 is 1.84 bits per heavy atom. The van der Waals surface area contributed by atoms with E-state index in [4.69, 9.17) is 9.15 Å². The van der Waals surface area contributed by atoms with Gasteiger partial charge in [-0.2, -0.15) is 0 Å². The van der Waals surface area contributed by atoms with Crippen LogP contribution < -0.4 is 10.9 Å². The molecule has 3 aromatic rings. The van der Waals surface area contributed by atoms with Gasteiger partial charge in [-0.1, -0.05) is 0 Å². The number of halogens is 2. The summed E-state index contributed by atoms with van der Waals surface area (Å²) in [4.78, 5) is 35.9. The number of ether oxygens (including phenoxy) is 1. The predicted molar refractivity (Wildman–Crippen MR) is 112 cm³/mol. The summed E-state index contributed by atoms with van der Waals surface area (Å²) < 4.78 is 37.1. The minimum Gasteiger partial charge on any atom is -0.461 e. The second-order valence-corrected chi connectivity index (χ2v) is 7.71. The van der Waals surface area contributed by atoms with Crippen LogP contribution in [-0.4, -0.2) is 18.4 Å². The lowest BCUT2D eigenvalue weighted by molar-refractivity contribution is -0.145. The van der Waals surface area contributed by atoms with Gasteiger partial charge in [0.25, 0.3) is 5.91 Å². The molecule has 8 heteroatoms. The number of carbonyl (C=O) groups is 2. The van der Waals surface area contributed by atoms with Crippen LogP contribution in [0.1, 0.15) is 46.3 Å². The van der Waals surface area contributed by atoms with E-state index in [2.05, 4.69) is 5.32 Å². The van der Waals surface area contributed by atoms with Crippen molar-refractivity contribution in [3.05, 3.63) is 80.7 Å². The van der Waals surface area contributed by atoms with Gasteiger partial charge in [-0.25, -0.2) is 13.6 Å². The number of benzene rings is 2. The van der Waals surface area contributed by atoms with Crippen LogP contribution in [-0.2, 0) is 29.0 Å². The molecule has 0 saturated heterocycles. The Kier molecular flexibility index (Phi) is 6.30. The molecule has 0 aliphatic heterocycles. The molecule has 166 valence electrons. The summed E-state index contributed by atoms with van der Waals surface area (Å²) in [5.74, 6) is -2.90. The van der Waals surface area contributed by atoms with Crippen LogP contribution in [0.25, 0.3) is 11.0 Å². The molecule has 0 atom stereocenters. The Labute approximate surface area is 182 Å². The van der Waals surface area contributed by atoms with Gasteiger partial charge in [-0.05, 0) is 61.1 Å². The molecule has 1 aromatic heterocycles. The second-order valence-electron chi connectivity index (χ2n) is 7.71. The molecule has 1 N–H and O–H groups in total. The van der Waals surface area contributed by atoms with Crippen LogP contribution in [0.4, 0.5) is 8.78 Å². The highest BCUT2D eigenvalue weighted by Crippen LogP contribution is 2.28. The molecule has 0 fully saturated rings. The van der Waals surface area contributed by atoms with Gasteiger partial charge in [0.05, 0.1) is 5.56 Å². The van der Waals surface area contributed by atoms with Crippen molar-refractivity contribution in [2.24, 2.45) is 0 Å². The summed E-state index contributed by atoms with van der Waals surface area (Å²) in [6, 6.07) is 7.90. The molecule has 1 amide bonds. The molecule has 2 aromatic carbocycles. The van der Waals surface area contributed by atoms with Crippen molar-refractivity contribution in [3.8, 4) is 0 Å². The molecule has 0 unspecified atom stereocenters. The first kappa shape index (κ1) is 21.7. The third kappa shape index (κ3) is 4.85. The Bertz CT molecular complexity index is 1250. The SMILES string of the molecule is O=C(CCCNC(=O)c1ccc(F)cc1F)OCc1cc(=O)oc2cc3c(cc12)CCC3. The third-order valence-corrected chi connectivity index (χ3v) is 5.45. The summed E-state index contributed by atoms with van der Waals surface area (Å²) in [6.07, 6.45) is 3.29. The summed E-state index contributed by atoms with van der Waals surface area (Å²) in [6.45, 7) is 0.0572. The van der Waals surface area contributed by atoms with Crippen LogP contribution in [0, 0.1) is 11.6 Å². The predicted octanol–water partition coefficient (Wildman–Crippen LogP) is 3.81. The maximum absolute atomic E-state index is 13.6. The van der Waals surface area contributed by atoms with Crippen molar-refractivity contribution in [3.63, 3.8) is 0 Å². The normalized spacial score (nSPS) is 12.6. The van der Waals surface area contributed by atoms with Crippen molar-refractivity contribution in [2.75, 3.05) is 6.54 Å². The number of nitrogens with one attached hydrogen (secondary N) is 1. The summed E-state index contributed by atoms with van der Waals surface area (Å²) in [5.41, 5.74) is 2.69. The average Bonchev–Trinajstić information content (AvgIpc) is 3.20. The molecule has 4 rings (SSSR count). The summed E-state index contributed by atoms with van der Waals surface area (Å²) >= 11 is 0. The average molecular weight is 441 g/mol. The molecule has 0 saturated carbocycles. The number of hydrogen-bond donors (Lipinski definition) is 1. The molecule has 0 radical (unpaired) electrons. The van der Waals surface area contributed by atoms with Crippen LogP contribution >= 0.6 is 0 Å². The number of fused-ring (bicyclic) bond motifs is 2. The van der Waals surface area contributed by atoms with E-state index < -0.39 is 29.1 Å². The Morgan fingerprint density at radius 3 is 2.62 bits per heavy atom. The molecular formula is C24H21F2NO5. The van der Waals surface area contributed by atoms with E-state index in [-0.39, 0.29) is 31.6 Å². The fourth-order valence-electron chi connectivity index (χ4n) is 3.85. The highest BCUT2D eigenvalue weighted by atomic mass is 19.1. The lowest BCUT2D eigenvalue weighted by atomic mass is 10.0. The summed E-state index contributed by atoms with van der Waals surface area (Å²) in [5, 5.41) is 3.24. The van der Waals surface area contributed by atoms with E-state index in [9.17, 15) is 23.2 Å². The van der Waals surface area contributed by atoms with Crippen molar-refractivity contribution >= 4 is 22.8 Å². The molecule has 1 aliphatic rings. The van der Waals surface area contributed by atoms with Crippen LogP contribution in [0.15, 0.2) is 45.6 Å². The fourth-order valence-corrected chi connectivity index (χ4v) is 3.85. The van der Waals surface area contributed by atoms with Gasteiger partial charge < -0.3 is 14.5 Å². The zero-order chi connectivity index (χ0) is 22.7. The molecule has 32 heavy (non-hydrogen) atoms. The topological polar surface area (TPSA) is 85.6 Å². The zero-order valence-corrected chi connectivity index (χ0v) is 17.2. The van der Waals surface area contributed by atoms with Crippen molar-refractivity contribution < 1.29 is 27.5 Å². The number of hydrogen-bond acceptors (Lipinski definition) is 5. The molecule has 0 bridgehead atoms. The Hall–Kier alpha value is -3.55. The lowest BCUT2D eigenvalue weighted by Crippen LogP contribution is -2.26. The molecule has 1 aliphatic carbocycles. The van der Waals surface area contributed by atoms with E-state index in [0.29, 0.717) is 17.2 Å². The van der Waals surface area contributed by atoms with Crippen LogP contribution in [0.5, 0.6) is 0 Å². The van der Waals surface area contributed by atoms with Gasteiger partial charge in [-0.15, -0.1) is 0 Å². The van der Waals surface area contributed by atoms with Crippen molar-refractivity contribution in [2.45, 2.75) is 38.7 Å². The number of amides is 1. The molecule has 1 heterocycles. The standard InChI is InChI=1S/C24H21F2NO5/c25-17-6-7-18(20(26)12-17)24(30)27-8-2-5-22(28)31-13-16-11-23(29)32-21-10-15-4-1-3-14(15)9-19(16)21/h6-7,9-12H,1-5,8,13H2,(H,27,30). The monoisotopic (exact) mass is 441 g/mol. The molecular weight excluding hydrogens is 420 g/mol. The maximum Gasteiger partial charge on any atom is 0.336 e. The first-order valence-electron chi connectivity index (χ1n) is 10.4. The van der Waals surface area contributed by atoms with Gasteiger partial charge >= 0.3 is 11.6 Å². The van der Waals surface area contributed by atoms with Gasteiger partial charge in [0.15, 0.2) is 0 Å². The molecule has 0 spiro atoms. The van der Waals surface area contributed by atoms with E-state index in [1.54, 1.807) is 0 Å². The largest absolute Gasteiger partial charge is 0.461 e. The fraction of sp³-hybridized carbons (Fsp3) is 0.292. The number of carbonyl (C=O) groups excluding carboxylic acids is 2. The van der Waals surface area contributed by atoms with Gasteiger partial charge in [0.1, 0.15) is 23.8 Å². The lowest BCUT2D eigenvalue weighted by Gasteiger charge is -2.09. The minimum absolute atomic E-state index is 0.0287. The first-order valence-corrected chi connectivity index (χ1v) is 10.4. The smallest absolute Gasteiger partial charge is 0.336 e. The zero-order valence-electron chi connectivity index (χ0n) is 17.2. The van der Waals surface area contributed by atoms with Crippen molar-refractivity contribution in [1.82, 2.24) is 5.32 Å². The first-order chi connectivity index (χ1) is 15.4. The number of aryl methyl sites for hydroxylation is 2.